The van der Waals surface area contributed by atoms with Crippen LogP contribution in [0.15, 0.2) is 10.5 Å². The molecule has 1 fully saturated rings. The molecule has 1 aliphatic heterocycles. The summed E-state index contributed by atoms with van der Waals surface area (Å²) in [5.74, 6) is 3.09. The fourth-order valence-electron chi connectivity index (χ4n) is 2.13. The monoisotopic (exact) mass is 200 g/mol. The number of allylic oxidation sites excluding steroid dienone is 2. The molecule has 0 radical (unpaired) electrons. The summed E-state index contributed by atoms with van der Waals surface area (Å²) in [6.45, 7) is 4.66. The molecule has 12 heavy (non-hydrogen) atoms. The van der Waals surface area contributed by atoms with Gasteiger partial charge in [0.05, 0.1) is 0 Å². The van der Waals surface area contributed by atoms with Crippen LogP contribution in [0, 0.1) is 11.8 Å². The number of fused-ring (bicyclic) bond motifs is 1. The lowest BCUT2D eigenvalue weighted by atomic mass is 10.0. The Hall–Kier alpha value is 0.440. The van der Waals surface area contributed by atoms with E-state index in [-0.39, 0.29) is 0 Å². The second-order valence-corrected chi connectivity index (χ2v) is 6.38. The Morgan fingerprint density at radius 2 is 2.25 bits per heavy atom. The van der Waals surface area contributed by atoms with Crippen LogP contribution in [-0.2, 0) is 0 Å². The Bertz CT molecular complexity index is 206. The van der Waals surface area contributed by atoms with E-state index in [1.54, 1.807) is 4.91 Å². The van der Waals surface area contributed by atoms with E-state index in [0.29, 0.717) is 0 Å². The lowest BCUT2D eigenvalue weighted by molar-refractivity contribution is 0.691. The van der Waals surface area contributed by atoms with Crippen molar-refractivity contribution in [3.8, 4) is 0 Å². The lowest BCUT2D eigenvalue weighted by Gasteiger charge is -2.24. The standard InChI is InChI=1S/C10H16S2/c1-7(2)10-9-5-3-4-8(9)6-11-12-10/h7-8H,3-6H2,1-2H3. The van der Waals surface area contributed by atoms with Gasteiger partial charge in [0.25, 0.3) is 0 Å². The predicted octanol–water partition coefficient (Wildman–Crippen LogP) is 4.09. The highest BCUT2D eigenvalue weighted by atomic mass is 33.1. The molecule has 2 rings (SSSR count). The van der Waals surface area contributed by atoms with E-state index < -0.39 is 0 Å². The second-order valence-electron chi connectivity index (χ2n) is 4.00. The molecule has 2 heteroatoms. The molecule has 0 aromatic heterocycles. The molecule has 1 unspecified atom stereocenters. The predicted molar refractivity (Wildman–Crippen MR) is 59.3 cm³/mol. The van der Waals surface area contributed by atoms with Crippen molar-refractivity contribution in [2.24, 2.45) is 11.8 Å². The van der Waals surface area contributed by atoms with Crippen molar-refractivity contribution in [2.75, 3.05) is 5.75 Å². The summed E-state index contributed by atoms with van der Waals surface area (Å²) in [6, 6.07) is 0. The first-order chi connectivity index (χ1) is 5.79. The molecule has 0 aromatic carbocycles. The van der Waals surface area contributed by atoms with E-state index in [4.69, 9.17) is 0 Å². The van der Waals surface area contributed by atoms with Gasteiger partial charge >= 0.3 is 0 Å². The van der Waals surface area contributed by atoms with E-state index in [1.165, 1.54) is 25.0 Å². The van der Waals surface area contributed by atoms with Crippen LogP contribution in [0.25, 0.3) is 0 Å². The van der Waals surface area contributed by atoms with Gasteiger partial charge in [0.2, 0.25) is 0 Å². The van der Waals surface area contributed by atoms with Crippen LogP contribution in [0.5, 0.6) is 0 Å². The van der Waals surface area contributed by atoms with Crippen molar-refractivity contribution in [1.29, 1.82) is 0 Å². The van der Waals surface area contributed by atoms with Gasteiger partial charge < -0.3 is 0 Å². The second kappa shape index (κ2) is 3.67. The average molecular weight is 200 g/mol. The minimum atomic E-state index is 0.762. The molecular weight excluding hydrogens is 184 g/mol. The third-order valence-corrected chi connectivity index (χ3v) is 5.62. The summed E-state index contributed by atoms with van der Waals surface area (Å²) in [6.07, 6.45) is 4.29. The molecule has 0 amide bonds. The van der Waals surface area contributed by atoms with Gasteiger partial charge in [-0.15, -0.1) is 0 Å². The van der Waals surface area contributed by atoms with Gasteiger partial charge in [0, 0.05) is 5.75 Å². The summed E-state index contributed by atoms with van der Waals surface area (Å²) in [5, 5.41) is 0. The van der Waals surface area contributed by atoms with Gasteiger partial charge in [-0.25, -0.2) is 0 Å². The average Bonchev–Trinajstić information content (AvgIpc) is 2.49. The highest BCUT2D eigenvalue weighted by Crippen LogP contribution is 2.50. The zero-order valence-electron chi connectivity index (χ0n) is 7.80. The maximum atomic E-state index is 2.33. The molecular formula is C10H16S2. The molecule has 1 heterocycles. The van der Waals surface area contributed by atoms with Crippen molar-refractivity contribution < 1.29 is 0 Å². The summed E-state index contributed by atoms with van der Waals surface area (Å²) in [5.41, 5.74) is 1.81. The van der Waals surface area contributed by atoms with Crippen molar-refractivity contribution in [3.63, 3.8) is 0 Å². The summed E-state index contributed by atoms with van der Waals surface area (Å²) < 4.78 is 0. The van der Waals surface area contributed by atoms with Crippen LogP contribution in [0.4, 0.5) is 0 Å². The Morgan fingerprint density at radius 3 is 3.00 bits per heavy atom. The molecule has 2 aliphatic rings. The van der Waals surface area contributed by atoms with E-state index >= 15 is 0 Å². The first kappa shape index (κ1) is 9.01. The summed E-state index contributed by atoms with van der Waals surface area (Å²) in [7, 11) is 4.11. The van der Waals surface area contributed by atoms with E-state index in [2.05, 4.69) is 24.6 Å². The van der Waals surface area contributed by atoms with Crippen LogP contribution in [0.1, 0.15) is 33.1 Å². The maximum Gasteiger partial charge on any atom is 0.0106 e. The minimum Gasteiger partial charge on any atom is -0.0886 e. The van der Waals surface area contributed by atoms with E-state index in [0.717, 1.165) is 11.8 Å². The highest BCUT2D eigenvalue weighted by Gasteiger charge is 2.28. The van der Waals surface area contributed by atoms with Crippen LogP contribution in [-0.4, -0.2) is 5.75 Å². The third kappa shape index (κ3) is 1.56. The molecule has 1 saturated carbocycles. The topological polar surface area (TPSA) is 0 Å². The SMILES string of the molecule is CC(C)C1=C2CCCC2CSS1. The first-order valence-electron chi connectivity index (χ1n) is 4.81. The van der Waals surface area contributed by atoms with Crippen LogP contribution in [0.2, 0.25) is 0 Å². The Labute approximate surface area is 83.0 Å². The fraction of sp³-hybridized carbons (Fsp3) is 0.800. The highest BCUT2D eigenvalue weighted by molar-refractivity contribution is 8.78. The third-order valence-electron chi connectivity index (χ3n) is 2.75. The van der Waals surface area contributed by atoms with Gasteiger partial charge in [-0.05, 0) is 36.0 Å². The van der Waals surface area contributed by atoms with Gasteiger partial charge in [0.1, 0.15) is 0 Å². The van der Waals surface area contributed by atoms with Crippen molar-refractivity contribution in [3.05, 3.63) is 10.5 Å². The maximum absolute atomic E-state index is 2.33. The van der Waals surface area contributed by atoms with Crippen molar-refractivity contribution in [2.45, 2.75) is 33.1 Å². The summed E-state index contributed by atoms with van der Waals surface area (Å²) in [4.78, 5) is 1.70. The molecule has 0 saturated heterocycles. The number of hydrogen-bond acceptors (Lipinski definition) is 2. The molecule has 0 aromatic rings. The van der Waals surface area contributed by atoms with Gasteiger partial charge in [0.15, 0.2) is 0 Å². The normalized spacial score (nSPS) is 29.8. The molecule has 1 atom stereocenters. The van der Waals surface area contributed by atoms with Gasteiger partial charge in [-0.2, -0.15) is 0 Å². The van der Waals surface area contributed by atoms with E-state index in [9.17, 15) is 0 Å². The van der Waals surface area contributed by atoms with Crippen molar-refractivity contribution >= 4 is 21.6 Å². The largest absolute Gasteiger partial charge is 0.0886 e. The van der Waals surface area contributed by atoms with Crippen LogP contribution < -0.4 is 0 Å². The smallest absolute Gasteiger partial charge is 0.0106 e. The molecule has 0 nitrogen and oxygen atoms in total. The quantitative estimate of drug-likeness (QED) is 0.585. The lowest BCUT2D eigenvalue weighted by Crippen LogP contribution is -2.08. The fourth-order valence-corrected chi connectivity index (χ4v) is 5.40. The number of hydrogen-bond donors (Lipinski definition) is 0. The zero-order chi connectivity index (χ0) is 8.55. The van der Waals surface area contributed by atoms with Crippen molar-refractivity contribution in [1.82, 2.24) is 0 Å². The molecule has 1 aliphatic carbocycles. The Balaban J connectivity index is 2.26. The van der Waals surface area contributed by atoms with Gasteiger partial charge in [-0.3, -0.25) is 0 Å². The summed E-state index contributed by atoms with van der Waals surface area (Å²) >= 11 is 0. The van der Waals surface area contributed by atoms with Gasteiger partial charge in [-0.1, -0.05) is 41.0 Å². The first-order valence-corrected chi connectivity index (χ1v) is 7.13. The molecule has 0 N–H and O–H groups in total. The van der Waals surface area contributed by atoms with Crippen LogP contribution in [0.3, 0.4) is 0 Å². The molecule has 0 bridgehead atoms. The Kier molecular flexibility index (Phi) is 2.75. The Morgan fingerprint density at radius 1 is 1.42 bits per heavy atom. The van der Waals surface area contributed by atoms with Crippen LogP contribution >= 0.6 is 21.6 Å². The van der Waals surface area contributed by atoms with E-state index in [1.807, 2.05) is 16.4 Å². The molecule has 0 spiro atoms. The zero-order valence-corrected chi connectivity index (χ0v) is 9.43. The minimum absolute atomic E-state index is 0.762. The molecule has 68 valence electrons. The number of rotatable bonds is 1.